The van der Waals surface area contributed by atoms with E-state index < -0.39 is 5.41 Å². The zero-order chi connectivity index (χ0) is 37.5. The van der Waals surface area contributed by atoms with E-state index in [2.05, 4.69) is 163 Å². The summed E-state index contributed by atoms with van der Waals surface area (Å²) >= 11 is 0. The van der Waals surface area contributed by atoms with E-state index in [1.54, 1.807) is 0 Å². The van der Waals surface area contributed by atoms with Crippen molar-refractivity contribution >= 4 is 27.8 Å². The Kier molecular flexibility index (Phi) is 6.81. The number of fused-ring (bicyclic) bond motifs is 7. The van der Waals surface area contributed by atoms with E-state index in [0.29, 0.717) is 23.0 Å². The van der Waals surface area contributed by atoms with Crippen LogP contribution in [0.3, 0.4) is 0 Å². The van der Waals surface area contributed by atoms with Gasteiger partial charge in [0.2, 0.25) is 0 Å². The number of benzene rings is 9. The third-order valence-corrected chi connectivity index (χ3v) is 11.8. The molecule has 0 fully saturated rings. The topological polar surface area (TPSA) is 30.9 Å². The standard InChI is InChI=1S/C53H33NO3/c1-3-14-34(15-4-1)53(35-16-5-2-6-17-35)43-21-9-7-18-38(43)39-28-26-36(32-44(39)53)54(37-27-31-49-51(33-37)57-48-24-12-11-23-47(48)56-49)45-30-29-41-40-19-8-10-22-46(40)55-50-25-13-20-42(45)52(41)50/h1-33H. The quantitative estimate of drug-likeness (QED) is 0.176. The zero-order valence-corrected chi connectivity index (χ0v) is 30.7. The first-order chi connectivity index (χ1) is 28.3. The molecule has 4 nitrogen and oxygen atoms in total. The highest BCUT2D eigenvalue weighted by Crippen LogP contribution is 2.58. The second-order valence-corrected chi connectivity index (χ2v) is 14.8. The molecule has 0 atom stereocenters. The van der Waals surface area contributed by atoms with Crippen LogP contribution in [0.4, 0.5) is 17.1 Å². The summed E-state index contributed by atoms with van der Waals surface area (Å²) in [7, 11) is 0. The second kappa shape index (κ2) is 12.2. The van der Waals surface area contributed by atoms with Gasteiger partial charge in [0.05, 0.1) is 16.8 Å². The average molecular weight is 732 g/mol. The Balaban J connectivity index is 1.13. The van der Waals surface area contributed by atoms with Gasteiger partial charge in [-0.25, -0.2) is 0 Å². The van der Waals surface area contributed by atoms with E-state index in [4.69, 9.17) is 14.2 Å². The summed E-state index contributed by atoms with van der Waals surface area (Å²) in [5.74, 6) is 4.44. The van der Waals surface area contributed by atoms with Crippen LogP contribution < -0.4 is 19.1 Å². The lowest BCUT2D eigenvalue weighted by Crippen LogP contribution is -2.28. The maximum Gasteiger partial charge on any atom is 0.172 e. The molecule has 0 unspecified atom stereocenters. The molecule has 3 aliphatic rings. The molecule has 0 bridgehead atoms. The summed E-state index contributed by atoms with van der Waals surface area (Å²) in [5.41, 5.74) is 12.1. The van der Waals surface area contributed by atoms with Crippen molar-refractivity contribution in [3.8, 4) is 56.8 Å². The van der Waals surface area contributed by atoms with Crippen LogP contribution in [-0.4, -0.2) is 0 Å². The molecular formula is C53H33NO3. The molecule has 0 radical (unpaired) electrons. The van der Waals surface area contributed by atoms with Gasteiger partial charge < -0.3 is 19.1 Å². The highest BCUT2D eigenvalue weighted by Gasteiger charge is 2.46. The lowest BCUT2D eigenvalue weighted by atomic mass is 9.67. The third-order valence-electron chi connectivity index (χ3n) is 11.8. The minimum absolute atomic E-state index is 0.551. The Morgan fingerprint density at radius 1 is 0.333 bits per heavy atom. The molecule has 2 heterocycles. The normalized spacial score (nSPS) is 13.5. The van der Waals surface area contributed by atoms with Crippen molar-refractivity contribution in [2.24, 2.45) is 0 Å². The number of ether oxygens (including phenoxy) is 3. The summed E-state index contributed by atoms with van der Waals surface area (Å²) in [5, 5.41) is 2.17. The number of anilines is 3. The molecule has 1 aliphatic carbocycles. The lowest BCUT2D eigenvalue weighted by molar-refractivity contribution is 0.360. The summed E-state index contributed by atoms with van der Waals surface area (Å²) in [6, 6.07) is 70.9. The average Bonchev–Trinajstić information content (AvgIpc) is 3.57. The van der Waals surface area contributed by atoms with Crippen LogP contribution in [0.5, 0.6) is 34.5 Å². The fourth-order valence-corrected chi connectivity index (χ4v) is 9.41. The van der Waals surface area contributed by atoms with Gasteiger partial charge in [0.25, 0.3) is 0 Å². The van der Waals surface area contributed by atoms with Crippen molar-refractivity contribution in [2.75, 3.05) is 4.90 Å². The Hall–Kier alpha value is -7.56. The van der Waals surface area contributed by atoms with Crippen LogP contribution in [0.15, 0.2) is 200 Å². The monoisotopic (exact) mass is 731 g/mol. The van der Waals surface area contributed by atoms with Crippen LogP contribution >= 0.6 is 0 Å². The van der Waals surface area contributed by atoms with Crippen molar-refractivity contribution in [2.45, 2.75) is 5.41 Å². The van der Waals surface area contributed by atoms with Gasteiger partial charge in [-0.05, 0) is 93.5 Å². The van der Waals surface area contributed by atoms with E-state index in [-0.39, 0.29) is 0 Å². The molecule has 57 heavy (non-hydrogen) atoms. The number of nitrogens with zero attached hydrogens (tertiary/aromatic N) is 1. The maximum atomic E-state index is 6.57. The first kappa shape index (κ1) is 31.8. The Bertz CT molecular complexity index is 3020. The predicted octanol–water partition coefficient (Wildman–Crippen LogP) is 14.3. The first-order valence-electron chi connectivity index (χ1n) is 19.3. The van der Waals surface area contributed by atoms with Crippen molar-refractivity contribution in [1.29, 1.82) is 0 Å². The molecule has 12 rings (SSSR count). The molecular weight excluding hydrogens is 699 g/mol. The highest BCUT2D eigenvalue weighted by molar-refractivity contribution is 6.11. The minimum atomic E-state index is -0.551. The van der Waals surface area contributed by atoms with Gasteiger partial charge in [-0.2, -0.15) is 0 Å². The maximum absolute atomic E-state index is 6.57. The Morgan fingerprint density at radius 2 is 0.877 bits per heavy atom. The number of hydrogen-bond donors (Lipinski definition) is 0. The molecule has 0 N–H and O–H groups in total. The summed E-state index contributed by atoms with van der Waals surface area (Å²) in [4.78, 5) is 2.36. The SMILES string of the molecule is c1ccc(C2(c3ccccc3)c3ccccc3-c3ccc(N(c4ccc5c(c4)Oc4ccccc4O5)c4ccc5c6c(cccc46)Oc4ccccc4-5)cc32)cc1. The van der Waals surface area contributed by atoms with Crippen molar-refractivity contribution in [1.82, 2.24) is 0 Å². The number of rotatable bonds is 5. The van der Waals surface area contributed by atoms with E-state index in [9.17, 15) is 0 Å². The van der Waals surface area contributed by atoms with Crippen LogP contribution in [0.2, 0.25) is 0 Å². The van der Waals surface area contributed by atoms with E-state index in [0.717, 1.165) is 50.5 Å². The molecule has 0 saturated carbocycles. The lowest BCUT2D eigenvalue weighted by Gasteiger charge is -2.35. The fourth-order valence-electron chi connectivity index (χ4n) is 9.41. The Morgan fingerprint density at radius 3 is 1.65 bits per heavy atom. The first-order valence-corrected chi connectivity index (χ1v) is 19.3. The predicted molar refractivity (Wildman–Crippen MR) is 228 cm³/mol. The molecule has 9 aromatic rings. The van der Waals surface area contributed by atoms with Gasteiger partial charge in [-0.1, -0.05) is 140 Å². The van der Waals surface area contributed by atoms with Gasteiger partial charge >= 0.3 is 0 Å². The van der Waals surface area contributed by atoms with Crippen LogP contribution in [0, 0.1) is 0 Å². The van der Waals surface area contributed by atoms with Crippen molar-refractivity contribution < 1.29 is 14.2 Å². The zero-order valence-electron chi connectivity index (χ0n) is 30.7. The van der Waals surface area contributed by atoms with E-state index >= 15 is 0 Å². The summed E-state index contributed by atoms with van der Waals surface area (Å²) in [6.07, 6.45) is 0. The molecule has 0 amide bonds. The highest BCUT2D eigenvalue weighted by atomic mass is 16.6. The number of hydrogen-bond acceptors (Lipinski definition) is 4. The van der Waals surface area contributed by atoms with Crippen LogP contribution in [0.1, 0.15) is 22.3 Å². The van der Waals surface area contributed by atoms with Gasteiger partial charge in [0, 0.05) is 28.1 Å². The molecule has 0 saturated heterocycles. The second-order valence-electron chi connectivity index (χ2n) is 14.8. The summed E-state index contributed by atoms with van der Waals surface area (Å²) < 4.78 is 19.4. The summed E-state index contributed by atoms with van der Waals surface area (Å²) in [6.45, 7) is 0. The van der Waals surface area contributed by atoms with Crippen molar-refractivity contribution in [3.63, 3.8) is 0 Å². The molecule has 0 aromatic heterocycles. The van der Waals surface area contributed by atoms with E-state index in [1.165, 1.54) is 33.4 Å². The van der Waals surface area contributed by atoms with Gasteiger partial charge in [-0.3, -0.25) is 0 Å². The van der Waals surface area contributed by atoms with Crippen LogP contribution in [-0.2, 0) is 5.41 Å². The molecule has 4 heteroatoms. The fraction of sp³-hybridized carbons (Fsp3) is 0.0189. The molecule has 268 valence electrons. The van der Waals surface area contributed by atoms with Gasteiger partial charge in [-0.15, -0.1) is 0 Å². The smallest absolute Gasteiger partial charge is 0.172 e. The Labute approximate surface area is 330 Å². The van der Waals surface area contributed by atoms with Crippen molar-refractivity contribution in [3.05, 3.63) is 222 Å². The van der Waals surface area contributed by atoms with Gasteiger partial charge in [0.1, 0.15) is 11.5 Å². The van der Waals surface area contributed by atoms with Crippen LogP contribution in [0.25, 0.3) is 33.0 Å². The third kappa shape index (κ3) is 4.62. The van der Waals surface area contributed by atoms with Gasteiger partial charge in [0.15, 0.2) is 23.0 Å². The number of para-hydroxylation sites is 3. The minimum Gasteiger partial charge on any atom is -0.456 e. The molecule has 2 aliphatic heterocycles. The van der Waals surface area contributed by atoms with E-state index in [1.807, 2.05) is 42.5 Å². The largest absolute Gasteiger partial charge is 0.456 e. The molecule has 9 aromatic carbocycles. The molecule has 0 spiro atoms.